The molecule has 3 aromatic carbocycles. The lowest BCUT2D eigenvalue weighted by molar-refractivity contribution is -0.118. The Morgan fingerprint density at radius 2 is 1.79 bits per heavy atom. The zero-order chi connectivity index (χ0) is 20.1. The number of carbonyl (C=O) groups is 1. The minimum Gasteiger partial charge on any atom is -0.484 e. The number of aryl methyl sites for hydroxylation is 3. The zero-order valence-corrected chi connectivity index (χ0v) is 16.3. The maximum atomic E-state index is 12.0. The second-order valence-electron chi connectivity index (χ2n) is 7.05. The maximum absolute atomic E-state index is 12.0. The molecule has 0 aliphatic rings. The number of carbonyl (C=O) groups excluding carboxylic acids is 1. The Bertz CT molecular complexity index is 1100. The number of fused-ring (bicyclic) bond motifs is 1. The van der Waals surface area contributed by atoms with Gasteiger partial charge in [0.25, 0.3) is 5.91 Å². The molecule has 0 fully saturated rings. The van der Waals surface area contributed by atoms with Crippen LogP contribution in [0.2, 0.25) is 0 Å². The number of benzene rings is 3. The summed E-state index contributed by atoms with van der Waals surface area (Å²) in [4.78, 5) is 20.1. The minimum absolute atomic E-state index is 0.0166. The van der Waals surface area contributed by atoms with Gasteiger partial charge in [0.2, 0.25) is 0 Å². The third kappa shape index (κ3) is 5.02. The Morgan fingerprint density at radius 3 is 2.59 bits per heavy atom. The summed E-state index contributed by atoms with van der Waals surface area (Å²) in [6.07, 6.45) is 1.72. The first-order chi connectivity index (χ1) is 14.2. The monoisotopic (exact) mass is 385 g/mol. The van der Waals surface area contributed by atoms with E-state index in [-0.39, 0.29) is 12.5 Å². The highest BCUT2D eigenvalue weighted by Crippen LogP contribution is 2.16. The molecule has 146 valence electrons. The van der Waals surface area contributed by atoms with Crippen molar-refractivity contribution in [3.8, 4) is 5.75 Å². The summed E-state index contributed by atoms with van der Waals surface area (Å²) >= 11 is 0. The third-order valence-corrected chi connectivity index (χ3v) is 4.69. The van der Waals surface area contributed by atoms with E-state index < -0.39 is 0 Å². The molecule has 0 unspecified atom stereocenters. The van der Waals surface area contributed by atoms with Crippen LogP contribution in [0.15, 0.2) is 72.8 Å². The molecule has 4 aromatic rings. The van der Waals surface area contributed by atoms with Gasteiger partial charge in [0.15, 0.2) is 6.61 Å². The van der Waals surface area contributed by atoms with Gasteiger partial charge in [0.05, 0.1) is 11.0 Å². The first kappa shape index (κ1) is 18.7. The Hall–Kier alpha value is -3.60. The molecule has 0 bridgehead atoms. The predicted molar refractivity (Wildman–Crippen MR) is 115 cm³/mol. The fourth-order valence-electron chi connectivity index (χ4n) is 3.17. The number of aromatic nitrogens is 2. The van der Waals surface area contributed by atoms with E-state index in [1.807, 2.05) is 60.7 Å². The Balaban J connectivity index is 1.28. The van der Waals surface area contributed by atoms with Crippen molar-refractivity contribution in [2.24, 2.45) is 0 Å². The topological polar surface area (TPSA) is 67.0 Å². The lowest BCUT2D eigenvalue weighted by Crippen LogP contribution is -2.20. The molecule has 0 spiro atoms. The van der Waals surface area contributed by atoms with Gasteiger partial charge in [-0.25, -0.2) is 4.98 Å². The molecule has 0 atom stereocenters. The number of rotatable bonds is 7. The molecule has 0 aliphatic carbocycles. The van der Waals surface area contributed by atoms with Crippen LogP contribution in [0.4, 0.5) is 5.69 Å². The van der Waals surface area contributed by atoms with Crippen molar-refractivity contribution < 1.29 is 9.53 Å². The molecule has 4 rings (SSSR count). The molecule has 0 radical (unpaired) electrons. The number of nitrogens with zero attached hydrogens (tertiary/aromatic N) is 1. The van der Waals surface area contributed by atoms with Crippen molar-refractivity contribution in [3.63, 3.8) is 0 Å². The van der Waals surface area contributed by atoms with Crippen LogP contribution in [-0.2, 0) is 17.6 Å². The van der Waals surface area contributed by atoms with Gasteiger partial charge in [0, 0.05) is 12.1 Å². The number of anilines is 1. The SMILES string of the molecule is Cc1ccc2nc(CCc3ccc(NC(=O)COc4ccccc4)cc3)[nH]c2c1. The van der Waals surface area contributed by atoms with Gasteiger partial charge in [-0.2, -0.15) is 0 Å². The summed E-state index contributed by atoms with van der Waals surface area (Å²) in [5, 5.41) is 2.85. The van der Waals surface area contributed by atoms with Crippen molar-refractivity contribution in [3.05, 3.63) is 89.7 Å². The second-order valence-corrected chi connectivity index (χ2v) is 7.05. The molecular formula is C24H23N3O2. The van der Waals surface area contributed by atoms with Crippen LogP contribution >= 0.6 is 0 Å². The van der Waals surface area contributed by atoms with Gasteiger partial charge in [-0.1, -0.05) is 36.4 Å². The third-order valence-electron chi connectivity index (χ3n) is 4.69. The summed E-state index contributed by atoms with van der Waals surface area (Å²) in [6, 6.07) is 23.4. The number of imidazole rings is 1. The molecule has 2 N–H and O–H groups in total. The molecule has 1 aromatic heterocycles. The standard InChI is InChI=1S/C24H23N3O2/c1-17-7-13-21-22(15-17)27-23(26-21)14-10-18-8-11-19(12-9-18)25-24(28)16-29-20-5-3-2-4-6-20/h2-9,11-13,15H,10,14,16H2,1H3,(H,25,28)(H,26,27). The largest absolute Gasteiger partial charge is 0.484 e. The molecule has 5 heteroatoms. The number of aromatic amines is 1. The van der Waals surface area contributed by atoms with Crippen LogP contribution in [0.25, 0.3) is 11.0 Å². The van der Waals surface area contributed by atoms with E-state index in [1.165, 1.54) is 11.1 Å². The lowest BCUT2D eigenvalue weighted by Gasteiger charge is -2.08. The fourth-order valence-corrected chi connectivity index (χ4v) is 3.17. The number of para-hydroxylation sites is 1. The van der Waals surface area contributed by atoms with Crippen molar-refractivity contribution in [1.29, 1.82) is 0 Å². The number of hydrogen-bond acceptors (Lipinski definition) is 3. The Kier molecular flexibility index (Phi) is 5.56. The quantitative estimate of drug-likeness (QED) is 0.486. The van der Waals surface area contributed by atoms with Gasteiger partial charge >= 0.3 is 0 Å². The van der Waals surface area contributed by atoms with Gasteiger partial charge in [-0.05, 0) is 60.9 Å². The first-order valence-corrected chi connectivity index (χ1v) is 9.67. The van der Waals surface area contributed by atoms with Crippen molar-refractivity contribution >= 4 is 22.6 Å². The Labute approximate surface area is 169 Å². The fraction of sp³-hybridized carbons (Fsp3) is 0.167. The number of amides is 1. The van der Waals surface area contributed by atoms with Crippen molar-refractivity contribution in [2.45, 2.75) is 19.8 Å². The molecule has 0 aliphatic heterocycles. The van der Waals surface area contributed by atoms with Gasteiger partial charge in [-0.3, -0.25) is 4.79 Å². The van der Waals surface area contributed by atoms with E-state index in [1.54, 1.807) is 0 Å². The molecule has 0 saturated heterocycles. The number of nitrogens with one attached hydrogen (secondary N) is 2. The maximum Gasteiger partial charge on any atom is 0.262 e. The van der Waals surface area contributed by atoms with Crippen LogP contribution in [-0.4, -0.2) is 22.5 Å². The van der Waals surface area contributed by atoms with Crippen LogP contribution < -0.4 is 10.1 Å². The lowest BCUT2D eigenvalue weighted by atomic mass is 10.1. The number of ether oxygens (including phenoxy) is 1. The molecule has 1 heterocycles. The summed E-state index contributed by atoms with van der Waals surface area (Å²) in [6.45, 7) is 2.06. The normalized spacial score (nSPS) is 10.8. The molecule has 1 amide bonds. The molecule has 29 heavy (non-hydrogen) atoms. The highest BCUT2D eigenvalue weighted by Gasteiger charge is 2.06. The summed E-state index contributed by atoms with van der Waals surface area (Å²) in [7, 11) is 0. The predicted octanol–water partition coefficient (Wildman–Crippen LogP) is 4.67. The molecule has 0 saturated carbocycles. The van der Waals surface area contributed by atoms with Crippen LogP contribution in [0.1, 0.15) is 17.0 Å². The highest BCUT2D eigenvalue weighted by atomic mass is 16.5. The van der Waals surface area contributed by atoms with Crippen LogP contribution in [0, 0.1) is 6.92 Å². The Morgan fingerprint density at radius 1 is 1.00 bits per heavy atom. The van der Waals surface area contributed by atoms with E-state index in [2.05, 4.69) is 34.3 Å². The summed E-state index contributed by atoms with van der Waals surface area (Å²) in [5.74, 6) is 1.49. The minimum atomic E-state index is -0.181. The van der Waals surface area contributed by atoms with Gasteiger partial charge in [0.1, 0.15) is 11.6 Å². The van der Waals surface area contributed by atoms with E-state index in [0.717, 1.165) is 35.4 Å². The van der Waals surface area contributed by atoms with Crippen molar-refractivity contribution in [2.75, 3.05) is 11.9 Å². The molecular weight excluding hydrogens is 362 g/mol. The van der Waals surface area contributed by atoms with E-state index in [4.69, 9.17) is 4.74 Å². The average Bonchev–Trinajstić information content (AvgIpc) is 3.14. The van der Waals surface area contributed by atoms with E-state index >= 15 is 0 Å². The van der Waals surface area contributed by atoms with Gasteiger partial charge < -0.3 is 15.0 Å². The molecule has 5 nitrogen and oxygen atoms in total. The average molecular weight is 385 g/mol. The summed E-state index contributed by atoms with van der Waals surface area (Å²) < 4.78 is 5.46. The van der Waals surface area contributed by atoms with Crippen LogP contribution in [0.5, 0.6) is 5.75 Å². The van der Waals surface area contributed by atoms with Gasteiger partial charge in [-0.15, -0.1) is 0 Å². The summed E-state index contributed by atoms with van der Waals surface area (Å²) in [5.41, 5.74) is 5.26. The van der Waals surface area contributed by atoms with Crippen molar-refractivity contribution in [1.82, 2.24) is 9.97 Å². The second kappa shape index (κ2) is 8.61. The number of H-pyrrole nitrogens is 1. The highest BCUT2D eigenvalue weighted by molar-refractivity contribution is 5.91. The zero-order valence-electron chi connectivity index (χ0n) is 16.3. The van der Waals surface area contributed by atoms with E-state index in [0.29, 0.717) is 5.75 Å². The number of hydrogen-bond donors (Lipinski definition) is 2. The van der Waals surface area contributed by atoms with E-state index in [9.17, 15) is 4.79 Å². The smallest absolute Gasteiger partial charge is 0.262 e. The first-order valence-electron chi connectivity index (χ1n) is 9.67. The van der Waals surface area contributed by atoms with Crippen LogP contribution in [0.3, 0.4) is 0 Å².